The summed E-state index contributed by atoms with van der Waals surface area (Å²) in [6, 6.07) is 5.05. The molecule has 0 atom stereocenters. The third kappa shape index (κ3) is 7.26. The van der Waals surface area contributed by atoms with Gasteiger partial charge in [-0.3, -0.25) is 10.2 Å². The first-order valence-electron chi connectivity index (χ1n) is 11.9. The number of nitrogens with two attached hydrogens (primary N) is 1. The van der Waals surface area contributed by atoms with Crippen molar-refractivity contribution in [2.24, 2.45) is 5.73 Å². The van der Waals surface area contributed by atoms with Gasteiger partial charge in [-0.15, -0.1) is 0 Å². The molecular weight excluding hydrogens is 481 g/mol. The summed E-state index contributed by atoms with van der Waals surface area (Å²) in [4.78, 5) is 26.9. The van der Waals surface area contributed by atoms with Gasteiger partial charge in [0.15, 0.2) is 5.82 Å². The van der Waals surface area contributed by atoms with E-state index in [-0.39, 0.29) is 38.0 Å². The lowest BCUT2D eigenvalue weighted by molar-refractivity contribution is -0.143. The van der Waals surface area contributed by atoms with E-state index in [1.807, 2.05) is 17.3 Å². The van der Waals surface area contributed by atoms with Gasteiger partial charge in [-0.1, -0.05) is 19.6 Å². The van der Waals surface area contributed by atoms with E-state index < -0.39 is 11.8 Å². The number of halogens is 1. The summed E-state index contributed by atoms with van der Waals surface area (Å²) in [5.74, 6) is -0.664. The zero-order valence-corrected chi connectivity index (χ0v) is 20.4. The predicted molar refractivity (Wildman–Crippen MR) is 140 cm³/mol. The van der Waals surface area contributed by atoms with Gasteiger partial charge in [0.25, 0.3) is 0 Å². The molecule has 2 fully saturated rings. The number of amidine groups is 1. The normalized spacial score (nSPS) is 15.7. The fourth-order valence-corrected chi connectivity index (χ4v) is 4.14. The number of ether oxygens (including phenoxy) is 3. The molecule has 1 aromatic carbocycles. The number of nitrogens with one attached hydrogen (secondary N) is 1. The van der Waals surface area contributed by atoms with Crippen LogP contribution in [0.3, 0.4) is 0 Å². The number of carbonyl (C=O) groups excluding carboxylic acids is 1. The van der Waals surface area contributed by atoms with E-state index in [1.54, 1.807) is 25.3 Å². The third-order valence-corrected chi connectivity index (χ3v) is 6.16. The van der Waals surface area contributed by atoms with E-state index in [0.717, 1.165) is 18.8 Å². The van der Waals surface area contributed by atoms with Crippen LogP contribution in [0, 0.1) is 11.2 Å². The molecule has 0 amide bonds. The highest BCUT2D eigenvalue weighted by Gasteiger charge is 2.29. The van der Waals surface area contributed by atoms with Gasteiger partial charge in [-0.05, 0) is 6.07 Å². The van der Waals surface area contributed by atoms with Crippen LogP contribution >= 0.6 is 0 Å². The number of esters is 1. The topological polar surface area (TPSA) is 130 Å². The van der Waals surface area contributed by atoms with E-state index in [9.17, 15) is 4.79 Å². The average molecular weight is 518 g/mol. The summed E-state index contributed by atoms with van der Waals surface area (Å²) in [5.41, 5.74) is 6.89. The Morgan fingerprint density at radius 3 is 2.43 bits per heavy atom. The standard InChI is InChI=1S/C24H32FN7O4.CH4/c1-34-9-10-35-19-14-32(15-19)24-28-12-18(13-29-24)30-5-7-31(8-6-30)20-4-2-3-17(23(20)25)16-36-22(33)11-21(26)27;/h2-4,12-13,19H,5-11,14-16H2,1H3,(H3,26,27);1H4. The van der Waals surface area contributed by atoms with E-state index in [4.69, 9.17) is 25.4 Å². The van der Waals surface area contributed by atoms with Gasteiger partial charge >= 0.3 is 5.97 Å². The molecule has 2 aromatic rings. The highest BCUT2D eigenvalue weighted by Crippen LogP contribution is 2.26. The number of rotatable bonds is 11. The zero-order valence-electron chi connectivity index (χ0n) is 20.4. The highest BCUT2D eigenvalue weighted by molar-refractivity contribution is 5.94. The van der Waals surface area contributed by atoms with Crippen LogP contribution in [-0.2, 0) is 25.6 Å². The van der Waals surface area contributed by atoms with Crippen molar-refractivity contribution in [1.29, 1.82) is 5.41 Å². The lowest BCUT2D eigenvalue weighted by atomic mass is 10.1. The lowest BCUT2D eigenvalue weighted by Gasteiger charge is -2.39. The van der Waals surface area contributed by atoms with Crippen LogP contribution in [-0.4, -0.2) is 87.5 Å². The van der Waals surface area contributed by atoms with Crippen LogP contribution < -0.4 is 20.4 Å². The number of benzene rings is 1. The molecule has 37 heavy (non-hydrogen) atoms. The molecule has 0 spiro atoms. The van der Waals surface area contributed by atoms with Crippen molar-refractivity contribution in [1.82, 2.24) is 9.97 Å². The molecule has 0 bridgehead atoms. The summed E-state index contributed by atoms with van der Waals surface area (Å²) in [6.07, 6.45) is 3.53. The summed E-state index contributed by atoms with van der Waals surface area (Å²) >= 11 is 0. The first kappa shape index (κ1) is 28.1. The van der Waals surface area contributed by atoms with E-state index in [0.29, 0.717) is 51.0 Å². The highest BCUT2D eigenvalue weighted by atomic mass is 19.1. The Kier molecular flexibility index (Phi) is 9.98. The van der Waals surface area contributed by atoms with E-state index in [1.165, 1.54) is 0 Å². The zero-order chi connectivity index (χ0) is 25.5. The third-order valence-electron chi connectivity index (χ3n) is 6.16. The van der Waals surface area contributed by atoms with Crippen LogP contribution in [0.25, 0.3) is 0 Å². The Hall–Kier alpha value is -3.51. The van der Waals surface area contributed by atoms with Gasteiger partial charge < -0.3 is 34.6 Å². The van der Waals surface area contributed by atoms with Gasteiger partial charge in [-0.25, -0.2) is 14.4 Å². The molecule has 2 aliphatic heterocycles. The Labute approximate surface area is 216 Å². The molecule has 4 rings (SSSR count). The average Bonchev–Trinajstić information content (AvgIpc) is 2.85. The fourth-order valence-electron chi connectivity index (χ4n) is 4.14. The molecular formula is C25H36FN7O4. The molecule has 12 heteroatoms. The summed E-state index contributed by atoms with van der Waals surface area (Å²) in [7, 11) is 1.66. The molecule has 0 unspecified atom stereocenters. The summed E-state index contributed by atoms with van der Waals surface area (Å²) in [5, 5.41) is 7.14. The Morgan fingerprint density at radius 1 is 1.11 bits per heavy atom. The number of hydrogen-bond donors (Lipinski definition) is 2. The maximum atomic E-state index is 15.1. The first-order valence-corrected chi connectivity index (χ1v) is 11.9. The second-order valence-corrected chi connectivity index (χ2v) is 8.72. The minimum atomic E-state index is -0.654. The largest absolute Gasteiger partial charge is 0.460 e. The minimum absolute atomic E-state index is 0. The van der Waals surface area contributed by atoms with Gasteiger partial charge in [-0.2, -0.15) is 0 Å². The van der Waals surface area contributed by atoms with Crippen LogP contribution in [0.15, 0.2) is 30.6 Å². The van der Waals surface area contributed by atoms with Gasteiger partial charge in [0.2, 0.25) is 5.95 Å². The number of piperazine rings is 1. The number of methoxy groups -OCH3 is 1. The Bertz CT molecular complexity index is 1040. The summed E-state index contributed by atoms with van der Waals surface area (Å²) < 4.78 is 30.8. The Balaban J connectivity index is 0.00000380. The minimum Gasteiger partial charge on any atom is -0.460 e. The fraction of sp³-hybridized carbons (Fsp3) is 0.520. The molecule has 3 N–H and O–H groups in total. The van der Waals surface area contributed by atoms with Crippen LogP contribution in [0.2, 0.25) is 0 Å². The Morgan fingerprint density at radius 2 is 1.78 bits per heavy atom. The number of carbonyl (C=O) groups is 1. The number of aromatic nitrogens is 2. The number of nitrogens with zero attached hydrogens (tertiary/aromatic N) is 5. The molecule has 0 radical (unpaired) electrons. The van der Waals surface area contributed by atoms with Crippen molar-refractivity contribution in [3.63, 3.8) is 0 Å². The van der Waals surface area contributed by atoms with Crippen molar-refractivity contribution in [2.75, 3.05) is 74.3 Å². The van der Waals surface area contributed by atoms with Crippen LogP contribution in [0.4, 0.5) is 21.7 Å². The van der Waals surface area contributed by atoms with Crippen molar-refractivity contribution < 1.29 is 23.4 Å². The molecule has 202 valence electrons. The molecule has 2 aliphatic rings. The van der Waals surface area contributed by atoms with E-state index >= 15 is 4.39 Å². The molecule has 3 heterocycles. The van der Waals surface area contributed by atoms with Gasteiger partial charge in [0.1, 0.15) is 18.9 Å². The maximum Gasteiger partial charge on any atom is 0.313 e. The number of anilines is 3. The van der Waals surface area contributed by atoms with Crippen molar-refractivity contribution >= 4 is 29.1 Å². The lowest BCUT2D eigenvalue weighted by Crippen LogP contribution is -2.53. The predicted octanol–water partition coefficient (Wildman–Crippen LogP) is 1.80. The second kappa shape index (κ2) is 13.2. The van der Waals surface area contributed by atoms with Crippen molar-refractivity contribution in [3.8, 4) is 0 Å². The van der Waals surface area contributed by atoms with Crippen molar-refractivity contribution in [2.45, 2.75) is 26.6 Å². The molecule has 0 aliphatic carbocycles. The first-order chi connectivity index (χ1) is 17.4. The molecule has 1 aromatic heterocycles. The smallest absolute Gasteiger partial charge is 0.313 e. The van der Waals surface area contributed by atoms with Gasteiger partial charge in [0.05, 0.1) is 43.1 Å². The van der Waals surface area contributed by atoms with E-state index in [2.05, 4.69) is 19.8 Å². The van der Waals surface area contributed by atoms with Crippen LogP contribution in [0.5, 0.6) is 0 Å². The molecule has 0 saturated carbocycles. The quantitative estimate of drug-likeness (QED) is 0.197. The second-order valence-electron chi connectivity index (χ2n) is 8.72. The number of hydrogen-bond acceptors (Lipinski definition) is 10. The van der Waals surface area contributed by atoms with Crippen molar-refractivity contribution in [3.05, 3.63) is 42.0 Å². The SMILES string of the molecule is C.COCCOC1CN(c2ncc(N3CCN(c4cccc(COC(=O)CC(=N)N)c4F)CC3)cn2)C1. The maximum absolute atomic E-state index is 15.1. The van der Waals surface area contributed by atoms with Gasteiger partial charge in [0, 0.05) is 51.9 Å². The molecule has 2 saturated heterocycles. The molecule has 11 nitrogen and oxygen atoms in total. The monoisotopic (exact) mass is 517 g/mol. The van der Waals surface area contributed by atoms with Crippen LogP contribution in [0.1, 0.15) is 19.4 Å². The summed E-state index contributed by atoms with van der Waals surface area (Å²) in [6.45, 7) is 5.14.